The number of nitrogens with zero attached hydrogens (tertiary/aromatic N) is 2. The first-order valence-electron chi connectivity index (χ1n) is 5.78. The molecule has 4 heteroatoms. The van der Waals surface area contributed by atoms with Gasteiger partial charge in [0.1, 0.15) is 0 Å². The van der Waals surface area contributed by atoms with Crippen LogP contribution in [-0.4, -0.2) is 29.5 Å². The minimum absolute atomic E-state index is 0.744. The fourth-order valence-electron chi connectivity index (χ4n) is 1.42. The van der Waals surface area contributed by atoms with Gasteiger partial charge in [-0.25, -0.2) is 0 Å². The number of hydrogen-bond acceptors (Lipinski definition) is 3. The quantitative estimate of drug-likeness (QED) is 0.510. The molecule has 4 nitrogen and oxygen atoms in total. The summed E-state index contributed by atoms with van der Waals surface area (Å²) in [4.78, 5) is 0. The van der Waals surface area contributed by atoms with Gasteiger partial charge in [-0.15, -0.1) is 6.58 Å². The van der Waals surface area contributed by atoms with Crippen molar-refractivity contribution in [1.29, 1.82) is 0 Å². The minimum atomic E-state index is 0.744. The molecular weight excluding hydrogens is 202 g/mol. The fourth-order valence-corrected chi connectivity index (χ4v) is 1.42. The van der Waals surface area contributed by atoms with E-state index in [2.05, 4.69) is 23.9 Å². The Morgan fingerprint density at radius 1 is 1.56 bits per heavy atom. The molecular formula is C12H21N3O. The summed E-state index contributed by atoms with van der Waals surface area (Å²) in [6, 6.07) is 2.04. The van der Waals surface area contributed by atoms with Crippen molar-refractivity contribution in [2.24, 2.45) is 0 Å². The highest BCUT2D eigenvalue weighted by atomic mass is 16.5. The number of aromatic nitrogens is 2. The SMILES string of the molecule is C=CCCOCCNCc1ccnn1CC. The first kappa shape index (κ1) is 12.9. The predicted molar refractivity (Wildman–Crippen MR) is 65.2 cm³/mol. The molecule has 0 saturated heterocycles. The molecule has 90 valence electrons. The molecule has 0 radical (unpaired) electrons. The largest absolute Gasteiger partial charge is 0.380 e. The van der Waals surface area contributed by atoms with E-state index in [1.54, 1.807) is 0 Å². The second-order valence-electron chi connectivity index (χ2n) is 3.50. The summed E-state index contributed by atoms with van der Waals surface area (Å²) >= 11 is 0. The molecule has 16 heavy (non-hydrogen) atoms. The second-order valence-corrected chi connectivity index (χ2v) is 3.50. The van der Waals surface area contributed by atoms with E-state index in [-0.39, 0.29) is 0 Å². The predicted octanol–water partition coefficient (Wildman–Crippen LogP) is 1.59. The summed E-state index contributed by atoms with van der Waals surface area (Å²) in [6.07, 6.45) is 4.62. The van der Waals surface area contributed by atoms with Crippen LogP contribution in [0.25, 0.3) is 0 Å². The molecule has 1 heterocycles. The molecule has 1 aromatic rings. The summed E-state index contributed by atoms with van der Waals surface area (Å²) in [6.45, 7) is 9.87. The number of hydrogen-bond donors (Lipinski definition) is 1. The molecule has 0 fully saturated rings. The van der Waals surface area contributed by atoms with Crippen molar-refractivity contribution < 1.29 is 4.74 Å². The summed E-state index contributed by atoms with van der Waals surface area (Å²) < 4.78 is 7.39. The van der Waals surface area contributed by atoms with Gasteiger partial charge in [0, 0.05) is 25.8 Å². The van der Waals surface area contributed by atoms with Gasteiger partial charge in [0.2, 0.25) is 0 Å². The zero-order chi connectivity index (χ0) is 11.6. The molecule has 0 aliphatic heterocycles. The van der Waals surface area contributed by atoms with Gasteiger partial charge in [-0.05, 0) is 19.4 Å². The van der Waals surface area contributed by atoms with E-state index in [1.165, 1.54) is 5.69 Å². The molecule has 0 aliphatic rings. The van der Waals surface area contributed by atoms with Crippen molar-refractivity contribution >= 4 is 0 Å². The average Bonchev–Trinajstić information content (AvgIpc) is 2.75. The molecule has 0 amide bonds. The van der Waals surface area contributed by atoms with E-state index in [0.29, 0.717) is 0 Å². The van der Waals surface area contributed by atoms with Gasteiger partial charge in [0.15, 0.2) is 0 Å². The molecule has 0 spiro atoms. The summed E-state index contributed by atoms with van der Waals surface area (Å²) in [5.74, 6) is 0. The van der Waals surface area contributed by atoms with Crippen molar-refractivity contribution in [2.45, 2.75) is 26.4 Å². The van der Waals surface area contributed by atoms with Crippen LogP contribution in [0.4, 0.5) is 0 Å². The van der Waals surface area contributed by atoms with Crippen LogP contribution < -0.4 is 5.32 Å². The molecule has 1 N–H and O–H groups in total. The molecule has 1 aromatic heterocycles. The lowest BCUT2D eigenvalue weighted by atomic mass is 10.4. The van der Waals surface area contributed by atoms with E-state index in [0.717, 1.165) is 39.3 Å². The Morgan fingerprint density at radius 2 is 2.44 bits per heavy atom. The third kappa shape index (κ3) is 4.59. The second kappa shape index (κ2) is 8.07. The average molecular weight is 223 g/mol. The van der Waals surface area contributed by atoms with Crippen LogP contribution in [0.15, 0.2) is 24.9 Å². The molecule has 0 aromatic carbocycles. The highest BCUT2D eigenvalue weighted by Gasteiger charge is 1.98. The van der Waals surface area contributed by atoms with Crippen molar-refractivity contribution in [3.05, 3.63) is 30.6 Å². The zero-order valence-electron chi connectivity index (χ0n) is 9.98. The molecule has 1 rings (SSSR count). The summed E-state index contributed by atoms with van der Waals surface area (Å²) in [5.41, 5.74) is 1.22. The Bertz CT molecular complexity index is 296. The Kier molecular flexibility index (Phi) is 6.53. The van der Waals surface area contributed by atoms with Gasteiger partial charge in [-0.2, -0.15) is 5.10 Å². The van der Waals surface area contributed by atoms with E-state index in [1.807, 2.05) is 23.0 Å². The van der Waals surface area contributed by atoms with Gasteiger partial charge < -0.3 is 10.1 Å². The minimum Gasteiger partial charge on any atom is -0.380 e. The Labute approximate surface area is 97.3 Å². The zero-order valence-corrected chi connectivity index (χ0v) is 9.98. The van der Waals surface area contributed by atoms with E-state index in [9.17, 15) is 0 Å². The van der Waals surface area contributed by atoms with Crippen molar-refractivity contribution in [3.63, 3.8) is 0 Å². The lowest BCUT2D eigenvalue weighted by Crippen LogP contribution is -2.21. The van der Waals surface area contributed by atoms with E-state index in [4.69, 9.17) is 4.74 Å². The molecule has 0 aliphatic carbocycles. The number of ether oxygens (including phenoxy) is 1. The first-order valence-corrected chi connectivity index (χ1v) is 5.78. The van der Waals surface area contributed by atoms with E-state index < -0.39 is 0 Å². The van der Waals surface area contributed by atoms with Crippen molar-refractivity contribution in [1.82, 2.24) is 15.1 Å². The number of aryl methyl sites for hydroxylation is 1. The Hall–Kier alpha value is -1.13. The van der Waals surface area contributed by atoms with Crippen LogP contribution in [-0.2, 0) is 17.8 Å². The van der Waals surface area contributed by atoms with E-state index >= 15 is 0 Å². The first-order chi connectivity index (χ1) is 7.88. The molecule has 0 atom stereocenters. The summed E-state index contributed by atoms with van der Waals surface area (Å²) in [7, 11) is 0. The van der Waals surface area contributed by atoms with Crippen LogP contribution in [0.1, 0.15) is 19.0 Å². The number of rotatable bonds is 9. The van der Waals surface area contributed by atoms with Crippen LogP contribution in [0, 0.1) is 0 Å². The maximum absolute atomic E-state index is 5.39. The lowest BCUT2D eigenvalue weighted by molar-refractivity contribution is 0.140. The molecule has 0 bridgehead atoms. The van der Waals surface area contributed by atoms with Crippen LogP contribution in [0.3, 0.4) is 0 Å². The van der Waals surface area contributed by atoms with Crippen molar-refractivity contribution in [2.75, 3.05) is 19.8 Å². The van der Waals surface area contributed by atoms with Gasteiger partial charge in [0.05, 0.1) is 18.9 Å². The maximum atomic E-state index is 5.39. The van der Waals surface area contributed by atoms with Crippen LogP contribution in [0.5, 0.6) is 0 Å². The topological polar surface area (TPSA) is 39.1 Å². The van der Waals surface area contributed by atoms with Crippen LogP contribution >= 0.6 is 0 Å². The third-order valence-corrected chi connectivity index (χ3v) is 2.30. The van der Waals surface area contributed by atoms with Gasteiger partial charge in [0.25, 0.3) is 0 Å². The highest BCUT2D eigenvalue weighted by molar-refractivity contribution is 4.99. The Balaban J connectivity index is 2.05. The van der Waals surface area contributed by atoms with Crippen LogP contribution in [0.2, 0.25) is 0 Å². The standard InChI is InChI=1S/C12H21N3O/c1-3-5-9-16-10-8-13-11-12-6-7-14-15(12)4-2/h3,6-7,13H,1,4-5,8-11H2,2H3. The van der Waals surface area contributed by atoms with Gasteiger partial charge in [-0.1, -0.05) is 6.08 Å². The third-order valence-electron chi connectivity index (χ3n) is 2.30. The monoisotopic (exact) mass is 223 g/mol. The highest BCUT2D eigenvalue weighted by Crippen LogP contribution is 1.97. The maximum Gasteiger partial charge on any atom is 0.0591 e. The Morgan fingerprint density at radius 3 is 3.19 bits per heavy atom. The summed E-state index contributed by atoms with van der Waals surface area (Å²) in [5, 5.41) is 7.54. The molecule has 0 unspecified atom stereocenters. The fraction of sp³-hybridized carbons (Fsp3) is 0.583. The molecule has 0 saturated carbocycles. The van der Waals surface area contributed by atoms with Gasteiger partial charge in [-0.3, -0.25) is 4.68 Å². The number of nitrogens with one attached hydrogen (secondary N) is 1. The smallest absolute Gasteiger partial charge is 0.0591 e. The lowest BCUT2D eigenvalue weighted by Gasteiger charge is -2.07. The van der Waals surface area contributed by atoms with Crippen molar-refractivity contribution in [3.8, 4) is 0 Å². The van der Waals surface area contributed by atoms with Gasteiger partial charge >= 0.3 is 0 Å². The normalized spacial score (nSPS) is 10.6.